The first kappa shape index (κ1) is 24.0. The monoisotopic (exact) mass is 526 g/mol. The lowest BCUT2D eigenvalue weighted by Crippen LogP contribution is -2.28. The molecule has 8 rings (SSSR count). The number of fused-ring (bicyclic) bond motifs is 5. The summed E-state index contributed by atoms with van der Waals surface area (Å²) in [6.45, 7) is 4.58. The Balaban J connectivity index is 1.32. The van der Waals surface area contributed by atoms with Gasteiger partial charge >= 0.3 is 0 Å². The van der Waals surface area contributed by atoms with E-state index < -0.39 is 0 Å². The number of para-hydroxylation sites is 2. The molecule has 6 aromatic rings. The normalized spacial score (nSPS) is 15.2. The first-order valence-corrected chi connectivity index (χ1v) is 14.4. The van der Waals surface area contributed by atoms with Gasteiger partial charge in [-0.05, 0) is 45.0 Å². The van der Waals surface area contributed by atoms with Crippen molar-refractivity contribution in [1.82, 2.24) is 0 Å². The van der Waals surface area contributed by atoms with E-state index in [1.54, 1.807) is 0 Å². The van der Waals surface area contributed by atoms with Gasteiger partial charge in [0.25, 0.3) is 0 Å². The van der Waals surface area contributed by atoms with Crippen molar-refractivity contribution in [3.63, 3.8) is 0 Å². The third-order valence-corrected chi connectivity index (χ3v) is 9.25. The summed E-state index contributed by atoms with van der Waals surface area (Å²) >= 11 is 0. The second kappa shape index (κ2) is 8.81. The van der Waals surface area contributed by atoms with Crippen LogP contribution in [0.25, 0.3) is 22.3 Å². The summed E-state index contributed by atoms with van der Waals surface area (Å²) in [5, 5.41) is 0. The van der Waals surface area contributed by atoms with Gasteiger partial charge in [-0.1, -0.05) is 153 Å². The molecular weight excluding hydrogens is 496 g/mol. The van der Waals surface area contributed by atoms with E-state index in [0.717, 1.165) is 22.6 Å². The largest absolute Gasteiger partial charge is 0.456 e. The van der Waals surface area contributed by atoms with E-state index in [-0.39, 0.29) is 10.8 Å². The van der Waals surface area contributed by atoms with Crippen LogP contribution in [0.15, 0.2) is 146 Å². The summed E-state index contributed by atoms with van der Waals surface area (Å²) < 4.78 is 6.61. The van der Waals surface area contributed by atoms with Crippen LogP contribution in [0.3, 0.4) is 0 Å². The van der Waals surface area contributed by atoms with Crippen molar-refractivity contribution in [3.8, 4) is 33.8 Å². The smallest absolute Gasteiger partial charge is 0.139 e. The minimum atomic E-state index is -0.388. The van der Waals surface area contributed by atoms with E-state index in [1.807, 2.05) is 0 Å². The Morgan fingerprint density at radius 1 is 0.415 bits per heavy atom. The van der Waals surface area contributed by atoms with E-state index in [0.29, 0.717) is 0 Å². The van der Waals surface area contributed by atoms with Crippen molar-refractivity contribution >= 4 is 0 Å². The fraction of sp³-hybridized carbons (Fsp3) is 0.100. The van der Waals surface area contributed by atoms with E-state index in [4.69, 9.17) is 4.74 Å². The zero-order valence-electron chi connectivity index (χ0n) is 23.3. The van der Waals surface area contributed by atoms with Crippen LogP contribution in [0.1, 0.15) is 47.2 Å². The van der Waals surface area contributed by atoms with E-state index in [1.165, 1.54) is 44.5 Å². The summed E-state index contributed by atoms with van der Waals surface area (Å²) in [6, 6.07) is 52.9. The van der Waals surface area contributed by atoms with Gasteiger partial charge in [0.1, 0.15) is 11.5 Å². The van der Waals surface area contributed by atoms with Gasteiger partial charge in [0, 0.05) is 22.1 Å². The average molecular weight is 527 g/mol. The topological polar surface area (TPSA) is 9.23 Å². The van der Waals surface area contributed by atoms with Crippen molar-refractivity contribution in [3.05, 3.63) is 179 Å². The first-order valence-electron chi connectivity index (χ1n) is 14.4. The van der Waals surface area contributed by atoms with Crippen LogP contribution < -0.4 is 4.74 Å². The van der Waals surface area contributed by atoms with Crippen LogP contribution in [0.5, 0.6) is 11.5 Å². The minimum absolute atomic E-state index is 0.144. The molecule has 1 aliphatic carbocycles. The molecule has 1 aliphatic heterocycles. The molecular formula is C40H30O. The predicted molar refractivity (Wildman–Crippen MR) is 168 cm³/mol. The first-order chi connectivity index (χ1) is 20.1. The van der Waals surface area contributed by atoms with E-state index >= 15 is 0 Å². The molecule has 0 N–H and O–H groups in total. The summed E-state index contributed by atoms with van der Waals surface area (Å²) in [4.78, 5) is 0. The third kappa shape index (κ3) is 3.30. The number of hydrogen-bond acceptors (Lipinski definition) is 1. The Kier molecular flexibility index (Phi) is 5.15. The number of ether oxygens (including phenoxy) is 1. The summed E-state index contributed by atoms with van der Waals surface area (Å²) in [5.41, 5.74) is 12.0. The Morgan fingerprint density at radius 3 is 1.61 bits per heavy atom. The van der Waals surface area contributed by atoms with Crippen molar-refractivity contribution in [2.24, 2.45) is 0 Å². The van der Waals surface area contributed by atoms with Gasteiger partial charge in [-0.3, -0.25) is 0 Å². The molecule has 0 aromatic heterocycles. The second-order valence-corrected chi connectivity index (χ2v) is 11.7. The molecule has 0 amide bonds. The highest BCUT2D eigenvalue weighted by Crippen LogP contribution is 2.56. The second-order valence-electron chi connectivity index (χ2n) is 11.7. The van der Waals surface area contributed by atoms with Crippen LogP contribution >= 0.6 is 0 Å². The lowest BCUT2D eigenvalue weighted by Gasteiger charge is -2.35. The third-order valence-electron chi connectivity index (χ3n) is 9.25. The van der Waals surface area contributed by atoms with Crippen LogP contribution in [0, 0.1) is 0 Å². The molecule has 0 bridgehead atoms. The Hall–Kier alpha value is -4.88. The maximum absolute atomic E-state index is 6.61. The lowest BCUT2D eigenvalue weighted by molar-refractivity contribution is 0.419. The lowest BCUT2D eigenvalue weighted by atomic mass is 9.67. The van der Waals surface area contributed by atoms with E-state index in [9.17, 15) is 0 Å². The molecule has 0 saturated carbocycles. The fourth-order valence-electron chi connectivity index (χ4n) is 7.31. The highest BCUT2D eigenvalue weighted by Gasteiger charge is 2.45. The summed E-state index contributed by atoms with van der Waals surface area (Å²) in [7, 11) is 0. The maximum atomic E-state index is 6.61. The van der Waals surface area contributed by atoms with Crippen LogP contribution in [-0.4, -0.2) is 0 Å². The maximum Gasteiger partial charge on any atom is 0.139 e. The van der Waals surface area contributed by atoms with Gasteiger partial charge in [-0.2, -0.15) is 0 Å². The van der Waals surface area contributed by atoms with E-state index in [2.05, 4.69) is 159 Å². The van der Waals surface area contributed by atoms with Crippen molar-refractivity contribution in [1.29, 1.82) is 0 Å². The predicted octanol–water partition coefficient (Wildman–Crippen LogP) is 10.1. The minimum Gasteiger partial charge on any atom is -0.456 e. The van der Waals surface area contributed by atoms with Gasteiger partial charge in [0.2, 0.25) is 0 Å². The van der Waals surface area contributed by atoms with Gasteiger partial charge in [0.05, 0.1) is 5.41 Å². The molecule has 196 valence electrons. The van der Waals surface area contributed by atoms with Crippen molar-refractivity contribution < 1.29 is 4.74 Å². The van der Waals surface area contributed by atoms with Crippen LogP contribution in [0.4, 0.5) is 0 Å². The molecule has 0 unspecified atom stereocenters. The Labute approximate surface area is 241 Å². The van der Waals surface area contributed by atoms with Gasteiger partial charge in [0.15, 0.2) is 0 Å². The molecule has 2 aliphatic rings. The molecule has 0 spiro atoms. The van der Waals surface area contributed by atoms with Gasteiger partial charge in [-0.15, -0.1) is 0 Å². The number of rotatable bonds is 3. The quantitative estimate of drug-likeness (QED) is 0.223. The Morgan fingerprint density at radius 2 is 0.927 bits per heavy atom. The fourth-order valence-corrected chi connectivity index (χ4v) is 7.31. The summed E-state index contributed by atoms with van der Waals surface area (Å²) in [6.07, 6.45) is 0. The van der Waals surface area contributed by atoms with Crippen molar-refractivity contribution in [2.75, 3.05) is 0 Å². The molecule has 1 nitrogen and oxygen atoms in total. The van der Waals surface area contributed by atoms with Gasteiger partial charge < -0.3 is 4.74 Å². The standard InChI is InChI=1S/C40H30O/c1-39(2)35-20-10-11-22-37(35)41-38-30(17-12-21-36(38)39)27-23-25-29(26-24-27)40(28-13-4-3-5-14-28)33-18-8-6-15-31(33)32-16-7-9-19-34(32)40/h3-26H,1-2H3. The van der Waals surface area contributed by atoms with Crippen LogP contribution in [0.2, 0.25) is 0 Å². The highest BCUT2D eigenvalue weighted by molar-refractivity contribution is 5.86. The zero-order valence-corrected chi connectivity index (χ0v) is 23.3. The highest BCUT2D eigenvalue weighted by atomic mass is 16.5. The molecule has 1 heterocycles. The molecule has 1 heteroatoms. The van der Waals surface area contributed by atoms with Crippen molar-refractivity contribution in [2.45, 2.75) is 24.7 Å². The Bertz CT molecular complexity index is 1880. The molecule has 0 saturated heterocycles. The molecule has 0 fully saturated rings. The molecule has 0 atom stereocenters. The summed E-state index contributed by atoms with van der Waals surface area (Å²) in [5.74, 6) is 1.90. The number of benzene rings is 6. The SMILES string of the molecule is CC1(C)c2ccccc2Oc2c(-c3ccc(C4(c5ccccc5)c5ccccc5-c5ccccc54)cc3)cccc21. The molecule has 6 aromatic carbocycles. The average Bonchev–Trinajstić information content (AvgIpc) is 3.33. The molecule has 41 heavy (non-hydrogen) atoms. The zero-order chi connectivity index (χ0) is 27.6. The molecule has 0 radical (unpaired) electrons. The number of hydrogen-bond donors (Lipinski definition) is 0. The van der Waals surface area contributed by atoms with Gasteiger partial charge in [-0.25, -0.2) is 0 Å². The van der Waals surface area contributed by atoms with Crippen LogP contribution in [-0.2, 0) is 10.8 Å².